The minimum Gasteiger partial charge on any atom is -0.375 e. The van der Waals surface area contributed by atoms with Gasteiger partial charge in [0.05, 0.1) is 5.60 Å². The summed E-state index contributed by atoms with van der Waals surface area (Å²) in [5.41, 5.74) is 1.79. The molecule has 1 N–H and O–H groups in total. The lowest BCUT2D eigenvalue weighted by molar-refractivity contribution is -0.111. The predicted octanol–water partition coefficient (Wildman–Crippen LogP) is 3.71. The summed E-state index contributed by atoms with van der Waals surface area (Å²) in [6.45, 7) is 16.4. The topological polar surface area (TPSA) is 63.1 Å². The van der Waals surface area contributed by atoms with Crippen LogP contribution in [0.2, 0.25) is 0 Å². The fraction of sp³-hybridized carbons (Fsp3) is 0.652. The van der Waals surface area contributed by atoms with Crippen molar-refractivity contribution in [1.29, 1.82) is 0 Å². The summed E-state index contributed by atoms with van der Waals surface area (Å²) < 4.78 is 8.03. The van der Waals surface area contributed by atoms with Crippen molar-refractivity contribution in [3.05, 3.63) is 52.5 Å². The van der Waals surface area contributed by atoms with E-state index in [2.05, 4.69) is 61.6 Å². The molecule has 3 heterocycles. The van der Waals surface area contributed by atoms with Crippen LogP contribution < -0.4 is 5.69 Å². The van der Waals surface area contributed by atoms with Gasteiger partial charge in [0.15, 0.2) is 0 Å². The number of aromatic amines is 1. The van der Waals surface area contributed by atoms with Gasteiger partial charge in [-0.05, 0) is 72.6 Å². The Balaban J connectivity index is 1.86. The maximum Gasteiger partial charge on any atom is 0.325 e. The third-order valence-electron chi connectivity index (χ3n) is 7.10. The highest BCUT2D eigenvalue weighted by atomic mass is 16.5. The molecule has 0 amide bonds. The van der Waals surface area contributed by atoms with Gasteiger partial charge in [0.25, 0.3) is 0 Å². The zero-order valence-corrected chi connectivity index (χ0v) is 18.8. The largest absolute Gasteiger partial charge is 0.375 e. The highest BCUT2D eigenvalue weighted by Crippen LogP contribution is 2.48. The molecule has 160 valence electrons. The second kappa shape index (κ2) is 8.07. The smallest absolute Gasteiger partial charge is 0.325 e. The molecule has 1 aliphatic heterocycles. The number of aryl methyl sites for hydroxylation is 2. The Labute approximate surface area is 174 Å². The van der Waals surface area contributed by atoms with Crippen molar-refractivity contribution in [3.8, 4) is 0 Å². The molecule has 0 unspecified atom stereocenters. The second-order valence-electron chi connectivity index (χ2n) is 9.35. The number of hydrogen-bond acceptors (Lipinski definition) is 4. The Hall–Kier alpha value is -1.92. The average Bonchev–Trinajstić information content (AvgIpc) is 3.28. The van der Waals surface area contributed by atoms with Gasteiger partial charge in [-0.15, -0.1) is 0 Å². The molecule has 0 saturated carbocycles. The first kappa shape index (κ1) is 21.8. The summed E-state index contributed by atoms with van der Waals surface area (Å²) in [6, 6.07) is 4.28. The Kier molecular flexibility index (Phi) is 6.06. The van der Waals surface area contributed by atoms with Crippen LogP contribution in [0.3, 0.4) is 0 Å². The minimum atomic E-state index is -0.280. The van der Waals surface area contributed by atoms with Gasteiger partial charge in [0.1, 0.15) is 0 Å². The molecule has 0 aliphatic carbocycles. The molecule has 1 aliphatic rings. The average molecular weight is 401 g/mol. The second-order valence-corrected chi connectivity index (χ2v) is 9.35. The molecule has 6 heteroatoms. The molecule has 6 nitrogen and oxygen atoms in total. The Morgan fingerprint density at radius 1 is 1.28 bits per heavy atom. The summed E-state index contributed by atoms with van der Waals surface area (Å²) in [7, 11) is 0. The SMILES string of the molecule is CCOC(C)(C)[C@]1(CCn2cc[nH]c2=O)CCN(C(C)(C)c2ccc(C)nc2)C1. The van der Waals surface area contributed by atoms with Gasteiger partial charge in [-0.1, -0.05) is 6.07 Å². The number of nitrogens with zero attached hydrogens (tertiary/aromatic N) is 3. The molecule has 0 spiro atoms. The summed E-state index contributed by atoms with van der Waals surface area (Å²) in [6.07, 6.45) is 7.48. The standard InChI is InChI=1S/C23H36N4O2/c1-7-29-22(5,6)23(10-13-26-15-12-24-20(26)28)11-14-27(17-23)21(3,4)19-9-8-18(2)25-16-19/h8-9,12,15-16H,7,10-11,13-14,17H2,1-6H3,(H,24,28)/t23-/m1/s1. The normalized spacial score (nSPS) is 21.0. The van der Waals surface area contributed by atoms with E-state index in [-0.39, 0.29) is 22.2 Å². The third kappa shape index (κ3) is 4.19. The number of likely N-dealkylation sites (tertiary alicyclic amines) is 1. The van der Waals surface area contributed by atoms with E-state index < -0.39 is 0 Å². The summed E-state index contributed by atoms with van der Waals surface area (Å²) in [5.74, 6) is 0. The van der Waals surface area contributed by atoms with E-state index in [9.17, 15) is 4.79 Å². The third-order valence-corrected chi connectivity index (χ3v) is 7.10. The Morgan fingerprint density at radius 3 is 2.62 bits per heavy atom. The zero-order valence-electron chi connectivity index (χ0n) is 18.8. The van der Waals surface area contributed by atoms with Gasteiger partial charge >= 0.3 is 5.69 Å². The van der Waals surface area contributed by atoms with Gasteiger partial charge in [0, 0.05) is 54.9 Å². The molecule has 1 atom stereocenters. The first-order valence-electron chi connectivity index (χ1n) is 10.7. The van der Waals surface area contributed by atoms with Crippen LogP contribution in [0, 0.1) is 12.3 Å². The highest BCUT2D eigenvalue weighted by molar-refractivity contribution is 5.22. The lowest BCUT2D eigenvalue weighted by atomic mass is 9.70. The van der Waals surface area contributed by atoms with Crippen molar-refractivity contribution in [1.82, 2.24) is 19.4 Å². The minimum absolute atomic E-state index is 0.0326. The molecule has 0 aromatic carbocycles. The molecule has 2 aromatic rings. The van der Waals surface area contributed by atoms with Gasteiger partial charge in [-0.2, -0.15) is 0 Å². The maximum atomic E-state index is 12.0. The first-order chi connectivity index (χ1) is 13.6. The Morgan fingerprint density at radius 2 is 2.03 bits per heavy atom. The molecule has 2 aromatic heterocycles. The van der Waals surface area contributed by atoms with Gasteiger partial charge < -0.3 is 9.72 Å². The number of H-pyrrole nitrogens is 1. The number of rotatable bonds is 8. The van der Waals surface area contributed by atoms with Crippen molar-refractivity contribution >= 4 is 0 Å². The molecule has 0 radical (unpaired) electrons. The van der Waals surface area contributed by atoms with Crippen LogP contribution in [0.15, 0.2) is 35.5 Å². The van der Waals surface area contributed by atoms with Crippen LogP contribution >= 0.6 is 0 Å². The molecule has 1 fully saturated rings. The summed E-state index contributed by atoms with van der Waals surface area (Å²) >= 11 is 0. The molecular formula is C23H36N4O2. The number of hydrogen-bond donors (Lipinski definition) is 1. The van der Waals surface area contributed by atoms with Gasteiger partial charge in [-0.25, -0.2) is 4.79 Å². The summed E-state index contributed by atoms with van der Waals surface area (Å²) in [4.78, 5) is 21.8. The van der Waals surface area contributed by atoms with Crippen LogP contribution in [0.5, 0.6) is 0 Å². The van der Waals surface area contributed by atoms with E-state index >= 15 is 0 Å². The van der Waals surface area contributed by atoms with Crippen molar-refractivity contribution in [2.24, 2.45) is 5.41 Å². The monoisotopic (exact) mass is 400 g/mol. The Bertz CT molecular complexity index is 866. The lowest BCUT2D eigenvalue weighted by Gasteiger charge is -2.46. The van der Waals surface area contributed by atoms with Crippen LogP contribution in [-0.4, -0.2) is 44.7 Å². The predicted molar refractivity (Wildman–Crippen MR) is 116 cm³/mol. The van der Waals surface area contributed by atoms with Crippen LogP contribution in [-0.2, 0) is 16.8 Å². The maximum absolute atomic E-state index is 12.0. The van der Waals surface area contributed by atoms with E-state index in [0.717, 1.165) is 31.6 Å². The lowest BCUT2D eigenvalue weighted by Crippen LogP contribution is -2.50. The molecule has 1 saturated heterocycles. The quantitative estimate of drug-likeness (QED) is 0.734. The van der Waals surface area contributed by atoms with E-state index in [1.807, 2.05) is 19.3 Å². The van der Waals surface area contributed by atoms with E-state index in [1.165, 1.54) is 5.56 Å². The first-order valence-corrected chi connectivity index (χ1v) is 10.7. The number of ether oxygens (including phenoxy) is 1. The van der Waals surface area contributed by atoms with Crippen LogP contribution in [0.1, 0.15) is 58.7 Å². The fourth-order valence-corrected chi connectivity index (χ4v) is 4.73. The number of pyridine rings is 1. The number of imidazole rings is 1. The van der Waals surface area contributed by atoms with E-state index in [1.54, 1.807) is 10.8 Å². The fourth-order valence-electron chi connectivity index (χ4n) is 4.73. The molecule has 0 bridgehead atoms. The van der Waals surface area contributed by atoms with Crippen molar-refractivity contribution < 1.29 is 4.74 Å². The molecular weight excluding hydrogens is 364 g/mol. The van der Waals surface area contributed by atoms with E-state index in [0.29, 0.717) is 13.2 Å². The molecule has 29 heavy (non-hydrogen) atoms. The van der Waals surface area contributed by atoms with Gasteiger partial charge in [0.2, 0.25) is 0 Å². The van der Waals surface area contributed by atoms with E-state index in [4.69, 9.17) is 4.74 Å². The highest BCUT2D eigenvalue weighted by Gasteiger charge is 2.52. The van der Waals surface area contributed by atoms with Crippen molar-refractivity contribution in [2.45, 2.75) is 72.1 Å². The summed E-state index contributed by atoms with van der Waals surface area (Å²) in [5, 5.41) is 0. The van der Waals surface area contributed by atoms with Crippen molar-refractivity contribution in [3.63, 3.8) is 0 Å². The van der Waals surface area contributed by atoms with Crippen molar-refractivity contribution in [2.75, 3.05) is 19.7 Å². The zero-order chi connectivity index (χ0) is 21.3. The molecule has 3 rings (SSSR count). The number of nitrogens with one attached hydrogen (secondary N) is 1. The number of aromatic nitrogens is 3. The van der Waals surface area contributed by atoms with Gasteiger partial charge in [-0.3, -0.25) is 14.5 Å². The van der Waals surface area contributed by atoms with Crippen LogP contribution in [0.4, 0.5) is 0 Å². The van der Waals surface area contributed by atoms with Crippen LogP contribution in [0.25, 0.3) is 0 Å².